The van der Waals surface area contributed by atoms with E-state index in [1.165, 1.54) is 36.0 Å². The lowest BCUT2D eigenvalue weighted by atomic mass is 10.2. The predicted octanol–water partition coefficient (Wildman–Crippen LogP) is 3.27. The first-order chi connectivity index (χ1) is 16.4. The number of nitro groups is 1. The van der Waals surface area contributed by atoms with Crippen LogP contribution in [0.5, 0.6) is 5.75 Å². The number of nitro benzene ring substituents is 1. The highest BCUT2D eigenvalue weighted by atomic mass is 32.2. The average Bonchev–Trinajstić information content (AvgIpc) is 3.24. The highest BCUT2D eigenvalue weighted by molar-refractivity contribution is 7.99. The van der Waals surface area contributed by atoms with Crippen LogP contribution in [0, 0.1) is 10.1 Å². The van der Waals surface area contributed by atoms with Gasteiger partial charge in [0.2, 0.25) is 5.91 Å². The van der Waals surface area contributed by atoms with E-state index in [4.69, 9.17) is 4.74 Å². The van der Waals surface area contributed by atoms with Crippen LogP contribution in [-0.2, 0) is 17.9 Å². The smallest absolute Gasteiger partial charge is 0.270 e. The van der Waals surface area contributed by atoms with E-state index in [0.717, 1.165) is 5.75 Å². The van der Waals surface area contributed by atoms with Gasteiger partial charge >= 0.3 is 0 Å². The summed E-state index contributed by atoms with van der Waals surface area (Å²) in [5.74, 6) is 0.719. The molecule has 1 heterocycles. The van der Waals surface area contributed by atoms with Crippen LogP contribution in [0.15, 0.2) is 53.7 Å². The Morgan fingerprint density at radius 2 is 1.91 bits per heavy atom. The topological polar surface area (TPSA) is 141 Å². The third kappa shape index (κ3) is 6.54. The van der Waals surface area contributed by atoms with Gasteiger partial charge in [0.1, 0.15) is 5.75 Å². The fourth-order valence-corrected chi connectivity index (χ4v) is 3.85. The first kappa shape index (κ1) is 24.7. The normalized spacial score (nSPS) is 10.5. The molecule has 3 aromatic rings. The van der Waals surface area contributed by atoms with Gasteiger partial charge in [0, 0.05) is 29.9 Å². The Kier molecular flexibility index (Phi) is 8.57. The second-order valence-corrected chi connectivity index (χ2v) is 7.87. The van der Waals surface area contributed by atoms with Crippen LogP contribution >= 0.6 is 11.8 Å². The third-order valence-corrected chi connectivity index (χ3v) is 5.58. The number of nitrogens with one attached hydrogen (secondary N) is 2. The van der Waals surface area contributed by atoms with Crippen LogP contribution in [0.1, 0.15) is 30.0 Å². The van der Waals surface area contributed by atoms with E-state index in [-0.39, 0.29) is 29.5 Å². The fraction of sp³-hybridized carbons (Fsp3) is 0.273. The lowest BCUT2D eigenvalue weighted by Gasteiger charge is -2.09. The van der Waals surface area contributed by atoms with Gasteiger partial charge < -0.3 is 19.9 Å². The van der Waals surface area contributed by atoms with Crippen LogP contribution in [0.3, 0.4) is 0 Å². The predicted molar refractivity (Wildman–Crippen MR) is 127 cm³/mol. The zero-order valence-electron chi connectivity index (χ0n) is 18.7. The van der Waals surface area contributed by atoms with Crippen molar-refractivity contribution in [3.8, 4) is 5.75 Å². The van der Waals surface area contributed by atoms with E-state index in [9.17, 15) is 19.7 Å². The molecule has 12 heteroatoms. The van der Waals surface area contributed by atoms with E-state index in [1.54, 1.807) is 28.8 Å². The van der Waals surface area contributed by atoms with Crippen molar-refractivity contribution in [1.29, 1.82) is 0 Å². The van der Waals surface area contributed by atoms with Gasteiger partial charge in [-0.3, -0.25) is 19.7 Å². The van der Waals surface area contributed by atoms with Gasteiger partial charge in [-0.15, -0.1) is 10.2 Å². The number of rotatable bonds is 11. The van der Waals surface area contributed by atoms with E-state index in [0.29, 0.717) is 29.8 Å². The van der Waals surface area contributed by atoms with Gasteiger partial charge in [0.25, 0.3) is 11.6 Å². The van der Waals surface area contributed by atoms with Gasteiger partial charge in [-0.2, -0.15) is 0 Å². The van der Waals surface area contributed by atoms with Crippen molar-refractivity contribution in [1.82, 2.24) is 20.1 Å². The monoisotopic (exact) mass is 484 g/mol. The molecule has 0 bridgehead atoms. The second-order valence-electron chi connectivity index (χ2n) is 6.93. The van der Waals surface area contributed by atoms with E-state index in [2.05, 4.69) is 20.8 Å². The number of aromatic nitrogens is 3. The molecule has 2 N–H and O–H groups in total. The van der Waals surface area contributed by atoms with Crippen LogP contribution < -0.4 is 15.4 Å². The zero-order valence-corrected chi connectivity index (χ0v) is 19.5. The molecule has 2 amide bonds. The van der Waals surface area contributed by atoms with Crippen molar-refractivity contribution in [2.24, 2.45) is 0 Å². The first-order valence-electron chi connectivity index (χ1n) is 10.5. The van der Waals surface area contributed by atoms with E-state index >= 15 is 0 Å². The number of benzene rings is 2. The summed E-state index contributed by atoms with van der Waals surface area (Å²) in [5, 5.41) is 25.2. The number of anilines is 1. The SMILES string of the molecule is CCOc1ccc(NC(=O)CSc2nnc(CNC(=O)c3cccc([N+](=O)[O-])c3)n2CC)cc1. The van der Waals surface area contributed by atoms with E-state index in [1.807, 2.05) is 13.8 Å². The molecule has 0 radical (unpaired) electrons. The number of hydrogen-bond acceptors (Lipinski definition) is 8. The van der Waals surface area contributed by atoms with Crippen molar-refractivity contribution in [3.05, 3.63) is 70.0 Å². The van der Waals surface area contributed by atoms with Crippen molar-refractivity contribution in [3.63, 3.8) is 0 Å². The molecule has 0 aliphatic carbocycles. The Hall–Kier alpha value is -3.93. The molecular weight excluding hydrogens is 460 g/mol. The van der Waals surface area contributed by atoms with Crippen molar-refractivity contribution in [2.75, 3.05) is 17.7 Å². The molecule has 178 valence electrons. The highest BCUT2D eigenvalue weighted by Crippen LogP contribution is 2.19. The lowest BCUT2D eigenvalue weighted by Crippen LogP contribution is -2.25. The van der Waals surface area contributed by atoms with Crippen LogP contribution in [0.25, 0.3) is 0 Å². The number of thioether (sulfide) groups is 1. The van der Waals surface area contributed by atoms with Crippen LogP contribution in [-0.4, -0.2) is 43.9 Å². The number of amides is 2. The first-order valence-corrected chi connectivity index (χ1v) is 11.5. The summed E-state index contributed by atoms with van der Waals surface area (Å²) in [6.07, 6.45) is 0. The second kappa shape index (κ2) is 11.8. The molecule has 0 spiro atoms. The van der Waals surface area contributed by atoms with Gasteiger partial charge in [-0.05, 0) is 44.2 Å². The molecule has 0 aliphatic rings. The van der Waals surface area contributed by atoms with Gasteiger partial charge in [-0.25, -0.2) is 0 Å². The fourth-order valence-electron chi connectivity index (χ4n) is 3.02. The van der Waals surface area contributed by atoms with Crippen LogP contribution in [0.4, 0.5) is 11.4 Å². The molecule has 0 atom stereocenters. The van der Waals surface area contributed by atoms with Gasteiger partial charge in [0.05, 0.1) is 23.8 Å². The van der Waals surface area contributed by atoms with Gasteiger partial charge in [-0.1, -0.05) is 17.8 Å². The summed E-state index contributed by atoms with van der Waals surface area (Å²) < 4.78 is 7.18. The Labute approximate surface area is 200 Å². The van der Waals surface area contributed by atoms with Crippen molar-refractivity contribution < 1.29 is 19.2 Å². The molecule has 11 nitrogen and oxygen atoms in total. The quantitative estimate of drug-likeness (QED) is 0.240. The maximum atomic E-state index is 12.4. The standard InChI is InChI=1S/C22H24N6O5S/c1-3-27-19(13-23-21(30)15-6-5-7-17(12-15)28(31)32)25-26-22(27)34-14-20(29)24-16-8-10-18(11-9-16)33-4-2/h5-12H,3-4,13-14H2,1-2H3,(H,23,30)(H,24,29). The number of carbonyl (C=O) groups is 2. The largest absolute Gasteiger partial charge is 0.494 e. The summed E-state index contributed by atoms with van der Waals surface area (Å²) in [6.45, 7) is 5.00. The minimum absolute atomic E-state index is 0.0846. The Morgan fingerprint density at radius 3 is 2.59 bits per heavy atom. The summed E-state index contributed by atoms with van der Waals surface area (Å²) in [5.41, 5.74) is 0.680. The number of ether oxygens (including phenoxy) is 1. The minimum atomic E-state index is -0.556. The molecule has 2 aromatic carbocycles. The average molecular weight is 485 g/mol. The van der Waals surface area contributed by atoms with E-state index < -0.39 is 10.8 Å². The lowest BCUT2D eigenvalue weighted by molar-refractivity contribution is -0.384. The summed E-state index contributed by atoms with van der Waals surface area (Å²) in [7, 11) is 0. The molecule has 0 aliphatic heterocycles. The molecule has 0 saturated heterocycles. The molecule has 0 fully saturated rings. The summed E-state index contributed by atoms with van der Waals surface area (Å²) in [4.78, 5) is 35.1. The minimum Gasteiger partial charge on any atom is -0.494 e. The number of carbonyl (C=O) groups excluding carboxylic acids is 2. The number of hydrogen-bond donors (Lipinski definition) is 2. The van der Waals surface area contributed by atoms with Crippen molar-refractivity contribution >= 4 is 35.0 Å². The third-order valence-electron chi connectivity index (χ3n) is 4.62. The number of non-ortho nitro benzene ring substituents is 1. The van der Waals surface area contributed by atoms with Crippen molar-refractivity contribution in [2.45, 2.75) is 32.1 Å². The summed E-state index contributed by atoms with van der Waals surface area (Å²) >= 11 is 1.23. The maximum absolute atomic E-state index is 12.4. The number of nitrogens with zero attached hydrogens (tertiary/aromatic N) is 4. The maximum Gasteiger partial charge on any atom is 0.270 e. The molecule has 0 saturated carbocycles. The molecular formula is C22H24N6O5S. The molecule has 1 aromatic heterocycles. The van der Waals surface area contributed by atoms with Crippen LogP contribution in [0.2, 0.25) is 0 Å². The molecule has 0 unspecified atom stereocenters. The van der Waals surface area contributed by atoms with Gasteiger partial charge in [0.15, 0.2) is 11.0 Å². The molecule has 34 heavy (non-hydrogen) atoms. The Bertz CT molecular complexity index is 1160. The highest BCUT2D eigenvalue weighted by Gasteiger charge is 2.16. The Morgan fingerprint density at radius 1 is 1.15 bits per heavy atom. The molecule has 3 rings (SSSR count). The summed E-state index contributed by atoms with van der Waals surface area (Å²) in [6, 6.07) is 12.6. The zero-order chi connectivity index (χ0) is 24.5. The Balaban J connectivity index is 1.55.